The normalized spacial score (nSPS) is 27.2. The molecule has 1 saturated heterocycles. The van der Waals surface area contributed by atoms with Gasteiger partial charge in [-0.15, -0.1) is 0 Å². The van der Waals surface area contributed by atoms with Gasteiger partial charge in [-0.3, -0.25) is 9.69 Å². The van der Waals surface area contributed by atoms with Crippen LogP contribution >= 0.6 is 0 Å². The molecule has 0 unspecified atom stereocenters. The highest BCUT2D eigenvalue weighted by Gasteiger charge is 2.42. The highest BCUT2D eigenvalue weighted by molar-refractivity contribution is 5.96. The molecule has 3 rings (SSSR count). The predicted octanol–water partition coefficient (Wildman–Crippen LogP) is 0.776. The summed E-state index contributed by atoms with van der Waals surface area (Å²) in [5.74, 6) is 0.183. The van der Waals surface area contributed by atoms with E-state index < -0.39 is 6.10 Å². The highest BCUT2D eigenvalue weighted by Crippen LogP contribution is 2.30. The first-order valence-electron chi connectivity index (χ1n) is 8.98. The Hall–Kier alpha value is -1.70. The van der Waals surface area contributed by atoms with Crippen LogP contribution in [0, 0.1) is 0 Å². The monoisotopic (exact) mass is 349 g/mol. The Morgan fingerprint density at radius 1 is 1.44 bits per heavy atom. The molecule has 7 nitrogen and oxygen atoms in total. The molecular formula is C18H27N3O4. The number of amides is 1. The second-order valence-corrected chi connectivity index (χ2v) is 6.56. The molecule has 0 radical (unpaired) electrons. The lowest BCUT2D eigenvalue weighted by Crippen LogP contribution is -2.51. The van der Waals surface area contributed by atoms with Crippen molar-refractivity contribution in [2.75, 3.05) is 40.0 Å². The number of pyridine rings is 1. The maximum absolute atomic E-state index is 12.9. The van der Waals surface area contributed by atoms with Crippen LogP contribution in [-0.4, -0.2) is 83.9 Å². The lowest BCUT2D eigenvalue weighted by molar-refractivity contribution is -0.0231. The molecule has 25 heavy (non-hydrogen) atoms. The molecule has 2 heterocycles. The maximum Gasteiger partial charge on any atom is 0.259 e. The van der Waals surface area contributed by atoms with Crippen LogP contribution in [0.15, 0.2) is 18.3 Å². The molecule has 1 aromatic heterocycles. The van der Waals surface area contributed by atoms with Gasteiger partial charge in [-0.05, 0) is 31.9 Å². The van der Waals surface area contributed by atoms with Crippen LogP contribution in [0.4, 0.5) is 0 Å². The largest absolute Gasteiger partial charge is 0.477 e. The summed E-state index contributed by atoms with van der Waals surface area (Å²) in [5, 5.41) is 10.8. The van der Waals surface area contributed by atoms with Crippen molar-refractivity contribution in [3.8, 4) is 5.88 Å². The van der Waals surface area contributed by atoms with Gasteiger partial charge in [0.2, 0.25) is 5.88 Å². The average Bonchev–Trinajstić information content (AvgIpc) is 3.03. The van der Waals surface area contributed by atoms with E-state index in [4.69, 9.17) is 9.47 Å². The topological polar surface area (TPSA) is 75.1 Å². The van der Waals surface area contributed by atoms with E-state index >= 15 is 0 Å². The number of aliphatic hydroxyl groups is 1. The Morgan fingerprint density at radius 2 is 2.20 bits per heavy atom. The second kappa shape index (κ2) is 8.12. The number of carbonyl (C=O) groups is 1. The number of aromatic nitrogens is 1. The van der Waals surface area contributed by atoms with Crippen LogP contribution in [0.3, 0.4) is 0 Å². The van der Waals surface area contributed by atoms with E-state index in [0.29, 0.717) is 31.3 Å². The fraction of sp³-hybridized carbons (Fsp3) is 0.667. The van der Waals surface area contributed by atoms with Crippen LogP contribution in [0.5, 0.6) is 5.88 Å². The molecule has 0 bridgehead atoms. The zero-order valence-electron chi connectivity index (χ0n) is 14.9. The fourth-order valence-electron chi connectivity index (χ4n) is 3.82. The van der Waals surface area contributed by atoms with Crippen molar-refractivity contribution in [3.05, 3.63) is 23.9 Å². The van der Waals surface area contributed by atoms with Gasteiger partial charge in [-0.25, -0.2) is 4.98 Å². The molecule has 138 valence electrons. The van der Waals surface area contributed by atoms with E-state index in [9.17, 15) is 9.90 Å². The molecule has 2 fully saturated rings. The van der Waals surface area contributed by atoms with Crippen molar-refractivity contribution in [2.24, 2.45) is 0 Å². The van der Waals surface area contributed by atoms with Gasteiger partial charge in [0.1, 0.15) is 5.56 Å². The zero-order valence-corrected chi connectivity index (χ0v) is 14.9. The average molecular weight is 349 g/mol. The zero-order chi connectivity index (χ0) is 17.8. The standard InChI is InChI=1S/C18H27N3O4/c1-3-25-17-13(5-4-8-19-17)18(23)20(2)14-6-7-15(16(14)22)21-9-11-24-12-10-21/h4-5,8,14-16,22H,3,6-7,9-12H2,1-2H3/t14-,15-,16-/m1/s1. The molecule has 7 heteroatoms. The van der Waals surface area contributed by atoms with Crippen molar-refractivity contribution in [2.45, 2.75) is 38.0 Å². The van der Waals surface area contributed by atoms with Crippen LogP contribution in [0.2, 0.25) is 0 Å². The molecule has 1 N–H and O–H groups in total. The molecule has 0 spiro atoms. The van der Waals surface area contributed by atoms with Crippen LogP contribution in [0.25, 0.3) is 0 Å². The van der Waals surface area contributed by atoms with Gasteiger partial charge in [0.05, 0.1) is 32.0 Å². The van der Waals surface area contributed by atoms with E-state index in [2.05, 4.69) is 9.88 Å². The van der Waals surface area contributed by atoms with Crippen molar-refractivity contribution >= 4 is 5.91 Å². The molecule has 1 aliphatic heterocycles. The number of hydrogen-bond acceptors (Lipinski definition) is 6. The third kappa shape index (κ3) is 3.78. The molecular weight excluding hydrogens is 322 g/mol. The molecule has 3 atom stereocenters. The maximum atomic E-state index is 12.9. The van der Waals surface area contributed by atoms with E-state index in [-0.39, 0.29) is 18.0 Å². The summed E-state index contributed by atoms with van der Waals surface area (Å²) < 4.78 is 10.9. The van der Waals surface area contributed by atoms with Gasteiger partial charge >= 0.3 is 0 Å². The number of rotatable bonds is 5. The first-order chi connectivity index (χ1) is 12.1. The SMILES string of the molecule is CCOc1ncccc1C(=O)N(C)[C@@H]1CC[C@@H](N2CCOCC2)[C@@H]1O. The quantitative estimate of drug-likeness (QED) is 0.847. The fourth-order valence-corrected chi connectivity index (χ4v) is 3.82. The third-order valence-electron chi connectivity index (χ3n) is 5.16. The minimum absolute atomic E-state index is 0.0874. The number of likely N-dealkylation sites (N-methyl/N-ethyl adjacent to an activating group) is 1. The molecule has 1 saturated carbocycles. The van der Waals surface area contributed by atoms with Gasteiger partial charge in [0, 0.05) is 32.4 Å². The van der Waals surface area contributed by atoms with Gasteiger partial charge in [-0.2, -0.15) is 0 Å². The number of carbonyl (C=O) groups excluding carboxylic acids is 1. The van der Waals surface area contributed by atoms with Crippen molar-refractivity contribution in [3.63, 3.8) is 0 Å². The summed E-state index contributed by atoms with van der Waals surface area (Å²) in [4.78, 5) is 21.0. The van der Waals surface area contributed by atoms with E-state index in [0.717, 1.165) is 25.9 Å². The first-order valence-corrected chi connectivity index (χ1v) is 8.98. The minimum atomic E-state index is -0.556. The highest BCUT2D eigenvalue weighted by atomic mass is 16.5. The number of morpholine rings is 1. The smallest absolute Gasteiger partial charge is 0.259 e. The Balaban J connectivity index is 1.70. The first kappa shape index (κ1) is 18.1. The summed E-state index contributed by atoms with van der Waals surface area (Å²) >= 11 is 0. The van der Waals surface area contributed by atoms with Gasteiger partial charge in [-0.1, -0.05) is 0 Å². The van der Waals surface area contributed by atoms with Crippen molar-refractivity contribution in [1.82, 2.24) is 14.8 Å². The Kier molecular flexibility index (Phi) is 5.88. The summed E-state index contributed by atoms with van der Waals surface area (Å²) in [6.45, 7) is 5.39. The minimum Gasteiger partial charge on any atom is -0.477 e. The molecule has 1 aliphatic carbocycles. The Labute approximate surface area is 148 Å². The second-order valence-electron chi connectivity index (χ2n) is 6.56. The third-order valence-corrected chi connectivity index (χ3v) is 5.16. The Morgan fingerprint density at radius 3 is 2.92 bits per heavy atom. The summed E-state index contributed by atoms with van der Waals surface area (Å²) in [6.07, 6.45) is 2.73. The molecule has 1 aromatic rings. The Bertz CT molecular complexity index is 591. The van der Waals surface area contributed by atoms with E-state index in [1.54, 1.807) is 30.3 Å². The summed E-state index contributed by atoms with van der Waals surface area (Å²) in [6, 6.07) is 3.34. The number of hydrogen-bond donors (Lipinski definition) is 1. The molecule has 2 aliphatic rings. The van der Waals surface area contributed by atoms with E-state index in [1.807, 2.05) is 6.92 Å². The van der Waals surface area contributed by atoms with Gasteiger partial charge in [0.15, 0.2) is 0 Å². The van der Waals surface area contributed by atoms with E-state index in [1.165, 1.54) is 0 Å². The van der Waals surface area contributed by atoms with Crippen molar-refractivity contribution in [1.29, 1.82) is 0 Å². The van der Waals surface area contributed by atoms with Gasteiger partial charge in [0.25, 0.3) is 5.91 Å². The molecule has 0 aromatic carbocycles. The number of nitrogens with zero attached hydrogens (tertiary/aromatic N) is 3. The predicted molar refractivity (Wildman–Crippen MR) is 92.7 cm³/mol. The number of aliphatic hydroxyl groups excluding tert-OH is 1. The van der Waals surface area contributed by atoms with Crippen LogP contribution < -0.4 is 4.74 Å². The van der Waals surface area contributed by atoms with Crippen LogP contribution in [0.1, 0.15) is 30.1 Å². The van der Waals surface area contributed by atoms with Crippen LogP contribution in [-0.2, 0) is 4.74 Å². The number of ether oxygens (including phenoxy) is 2. The lowest BCUT2D eigenvalue weighted by Gasteiger charge is -2.36. The summed E-state index contributed by atoms with van der Waals surface area (Å²) in [7, 11) is 1.75. The molecule has 1 amide bonds. The van der Waals surface area contributed by atoms with Gasteiger partial charge < -0.3 is 19.5 Å². The summed E-state index contributed by atoms with van der Waals surface area (Å²) in [5.41, 5.74) is 0.439. The van der Waals surface area contributed by atoms with Crippen molar-refractivity contribution < 1.29 is 19.4 Å². The lowest BCUT2D eigenvalue weighted by atomic mass is 10.1.